The van der Waals surface area contributed by atoms with Crippen LogP contribution in [0.25, 0.3) is 20.5 Å². The first-order valence-corrected chi connectivity index (χ1v) is 13.7. The average molecular weight is 515 g/mol. The first-order valence-electron chi connectivity index (χ1n) is 12.9. The van der Waals surface area contributed by atoms with Crippen molar-refractivity contribution in [3.8, 4) is 21.9 Å². The van der Waals surface area contributed by atoms with E-state index in [1.165, 1.54) is 31.5 Å². The summed E-state index contributed by atoms with van der Waals surface area (Å²) in [6.45, 7) is 4.84. The highest BCUT2D eigenvalue weighted by Crippen LogP contribution is 2.41. The van der Waals surface area contributed by atoms with Crippen LogP contribution >= 0.6 is 11.3 Å². The molecule has 1 aliphatic heterocycles. The Morgan fingerprint density at radius 2 is 1.65 bits per heavy atom. The Labute approximate surface area is 223 Å². The molecule has 6 heteroatoms. The molecule has 0 spiro atoms. The van der Waals surface area contributed by atoms with Crippen LogP contribution in [0.4, 0.5) is 0 Å². The van der Waals surface area contributed by atoms with Gasteiger partial charge < -0.3 is 14.4 Å². The van der Waals surface area contributed by atoms with Crippen molar-refractivity contribution in [3.05, 3.63) is 83.4 Å². The van der Waals surface area contributed by atoms with E-state index in [9.17, 15) is 4.79 Å². The summed E-state index contributed by atoms with van der Waals surface area (Å²) < 4.78 is 12.5. The minimum absolute atomic E-state index is 0.0359. The Kier molecular flexibility index (Phi) is 7.89. The summed E-state index contributed by atoms with van der Waals surface area (Å²) >= 11 is 1.63. The van der Waals surface area contributed by atoms with E-state index in [0.717, 1.165) is 50.7 Å². The van der Waals surface area contributed by atoms with Gasteiger partial charge in [0.15, 0.2) is 5.78 Å². The van der Waals surface area contributed by atoms with Crippen molar-refractivity contribution in [2.24, 2.45) is 0 Å². The predicted molar refractivity (Wildman–Crippen MR) is 152 cm³/mol. The minimum Gasteiger partial charge on any atom is -0.497 e. The molecule has 1 saturated heterocycles. The van der Waals surface area contributed by atoms with Gasteiger partial charge in [-0.15, -0.1) is 11.3 Å². The van der Waals surface area contributed by atoms with Crippen molar-refractivity contribution in [1.82, 2.24) is 9.80 Å². The molecule has 1 aromatic heterocycles. The molecule has 0 atom stereocenters. The molecule has 5 nitrogen and oxygen atoms in total. The summed E-state index contributed by atoms with van der Waals surface area (Å²) in [5.74, 6) is 1.68. The zero-order chi connectivity index (χ0) is 25.8. The second-order valence-corrected chi connectivity index (χ2v) is 10.9. The van der Waals surface area contributed by atoms with Gasteiger partial charge in [0.1, 0.15) is 18.1 Å². The summed E-state index contributed by atoms with van der Waals surface area (Å²) in [7, 11) is 5.75. The van der Waals surface area contributed by atoms with Crippen LogP contribution in [0.1, 0.15) is 34.3 Å². The monoisotopic (exact) mass is 514 g/mol. The molecular formula is C31H34N2O3S. The number of carbonyl (C=O) groups is 1. The van der Waals surface area contributed by atoms with Crippen LogP contribution < -0.4 is 9.47 Å². The number of benzene rings is 3. The SMILES string of the molecule is COc1ccc2c(C(=O)c3ccc(CN(C)C)cc3)c(-c3ccc(OCCN4CCCC4)cc3)sc2c1. The summed E-state index contributed by atoms with van der Waals surface area (Å²) in [6.07, 6.45) is 2.58. The predicted octanol–water partition coefficient (Wildman–Crippen LogP) is 6.34. The molecule has 0 N–H and O–H groups in total. The third-order valence-electron chi connectivity index (χ3n) is 6.83. The van der Waals surface area contributed by atoms with E-state index in [2.05, 4.69) is 21.9 Å². The summed E-state index contributed by atoms with van der Waals surface area (Å²) in [5, 5.41) is 0.953. The number of likely N-dealkylation sites (tertiary alicyclic amines) is 1. The van der Waals surface area contributed by atoms with Gasteiger partial charge in [-0.1, -0.05) is 24.3 Å². The van der Waals surface area contributed by atoms with Crippen LogP contribution in [-0.2, 0) is 6.54 Å². The fourth-order valence-electron chi connectivity index (χ4n) is 4.90. The third-order valence-corrected chi connectivity index (χ3v) is 8.03. The maximum atomic E-state index is 13.9. The minimum atomic E-state index is 0.0359. The molecule has 3 aromatic carbocycles. The molecule has 37 heavy (non-hydrogen) atoms. The van der Waals surface area contributed by atoms with Crippen molar-refractivity contribution in [2.45, 2.75) is 19.4 Å². The largest absolute Gasteiger partial charge is 0.497 e. The van der Waals surface area contributed by atoms with E-state index in [0.29, 0.717) is 12.2 Å². The Bertz CT molecular complexity index is 1350. The molecular weight excluding hydrogens is 480 g/mol. The Balaban J connectivity index is 1.44. The van der Waals surface area contributed by atoms with Crippen LogP contribution in [-0.4, -0.2) is 63.0 Å². The quantitative estimate of drug-likeness (QED) is 0.231. The molecule has 0 radical (unpaired) electrons. The van der Waals surface area contributed by atoms with E-state index in [-0.39, 0.29) is 5.78 Å². The molecule has 4 aromatic rings. The number of ketones is 1. The Morgan fingerprint density at radius 1 is 0.946 bits per heavy atom. The number of carbonyl (C=O) groups excluding carboxylic acids is 1. The molecule has 0 unspecified atom stereocenters. The highest BCUT2D eigenvalue weighted by molar-refractivity contribution is 7.22. The fraction of sp³-hybridized carbons (Fsp3) is 0.323. The number of hydrogen-bond acceptors (Lipinski definition) is 6. The normalized spacial score (nSPS) is 13.9. The zero-order valence-electron chi connectivity index (χ0n) is 21.8. The maximum Gasteiger partial charge on any atom is 0.195 e. The van der Waals surface area contributed by atoms with Gasteiger partial charge in [-0.3, -0.25) is 9.69 Å². The molecule has 1 aliphatic rings. The molecule has 2 heterocycles. The average Bonchev–Trinajstić information content (AvgIpc) is 3.56. The van der Waals surface area contributed by atoms with Crippen LogP contribution in [0.3, 0.4) is 0 Å². The van der Waals surface area contributed by atoms with E-state index in [1.807, 2.05) is 68.7 Å². The molecule has 0 amide bonds. The Morgan fingerprint density at radius 3 is 2.32 bits per heavy atom. The number of thiophene rings is 1. The Hall–Kier alpha value is -3.19. The molecule has 192 valence electrons. The van der Waals surface area contributed by atoms with E-state index < -0.39 is 0 Å². The van der Waals surface area contributed by atoms with Crippen molar-refractivity contribution in [2.75, 3.05) is 47.4 Å². The second kappa shape index (κ2) is 11.5. The van der Waals surface area contributed by atoms with Gasteiger partial charge in [-0.2, -0.15) is 0 Å². The number of methoxy groups -OCH3 is 1. The van der Waals surface area contributed by atoms with Crippen molar-refractivity contribution in [3.63, 3.8) is 0 Å². The standard InChI is InChI=1S/C31H34N2O3S/c1-32(2)21-22-6-8-23(9-7-22)30(34)29-27-15-14-26(35-3)20-28(27)37-31(29)24-10-12-25(13-11-24)36-19-18-33-16-4-5-17-33/h6-15,20H,4-5,16-19,21H2,1-3H3. The van der Waals surface area contributed by atoms with Gasteiger partial charge in [0.25, 0.3) is 0 Å². The third kappa shape index (κ3) is 5.87. The number of ether oxygens (including phenoxy) is 2. The zero-order valence-corrected chi connectivity index (χ0v) is 22.6. The summed E-state index contributed by atoms with van der Waals surface area (Å²) in [4.78, 5) is 19.4. The van der Waals surface area contributed by atoms with Gasteiger partial charge >= 0.3 is 0 Å². The lowest BCUT2D eigenvalue weighted by molar-refractivity contribution is 0.104. The highest BCUT2D eigenvalue weighted by Gasteiger charge is 2.22. The first kappa shape index (κ1) is 25.5. The van der Waals surface area contributed by atoms with Gasteiger partial charge in [-0.25, -0.2) is 0 Å². The van der Waals surface area contributed by atoms with E-state index >= 15 is 0 Å². The number of rotatable bonds is 10. The lowest BCUT2D eigenvalue weighted by atomic mass is 9.97. The molecule has 5 rings (SSSR count). The van der Waals surface area contributed by atoms with Gasteiger partial charge in [0.05, 0.1) is 7.11 Å². The van der Waals surface area contributed by atoms with Crippen molar-refractivity contribution < 1.29 is 14.3 Å². The molecule has 0 bridgehead atoms. The van der Waals surface area contributed by atoms with E-state index in [1.54, 1.807) is 18.4 Å². The van der Waals surface area contributed by atoms with Crippen LogP contribution in [0, 0.1) is 0 Å². The lowest BCUT2D eigenvalue weighted by Gasteiger charge is -2.15. The smallest absolute Gasteiger partial charge is 0.195 e. The lowest BCUT2D eigenvalue weighted by Crippen LogP contribution is -2.25. The molecule has 0 aliphatic carbocycles. The summed E-state index contributed by atoms with van der Waals surface area (Å²) in [6, 6.07) is 22.0. The van der Waals surface area contributed by atoms with Crippen molar-refractivity contribution in [1.29, 1.82) is 0 Å². The second-order valence-electron chi connectivity index (χ2n) is 9.85. The fourth-order valence-corrected chi connectivity index (χ4v) is 6.14. The first-order chi connectivity index (χ1) is 18.0. The topological polar surface area (TPSA) is 42.0 Å². The molecule has 0 saturated carbocycles. The molecule has 1 fully saturated rings. The number of hydrogen-bond donors (Lipinski definition) is 0. The van der Waals surface area contributed by atoms with Crippen LogP contribution in [0.5, 0.6) is 11.5 Å². The van der Waals surface area contributed by atoms with Gasteiger partial charge in [0, 0.05) is 39.2 Å². The van der Waals surface area contributed by atoms with Crippen LogP contribution in [0.15, 0.2) is 66.7 Å². The highest BCUT2D eigenvalue weighted by atomic mass is 32.1. The van der Waals surface area contributed by atoms with Gasteiger partial charge in [0.2, 0.25) is 0 Å². The van der Waals surface area contributed by atoms with Gasteiger partial charge in [-0.05, 0) is 93.6 Å². The van der Waals surface area contributed by atoms with Crippen LogP contribution in [0.2, 0.25) is 0 Å². The maximum absolute atomic E-state index is 13.9. The number of nitrogens with zero attached hydrogens (tertiary/aromatic N) is 2. The van der Waals surface area contributed by atoms with E-state index in [4.69, 9.17) is 9.47 Å². The van der Waals surface area contributed by atoms with Crippen molar-refractivity contribution >= 4 is 27.2 Å². The number of fused-ring (bicyclic) bond motifs is 1. The summed E-state index contributed by atoms with van der Waals surface area (Å²) in [5.41, 5.74) is 3.63.